The highest BCUT2D eigenvalue weighted by Gasteiger charge is 2.40. The molecular formula is C19H22N4O3. The van der Waals surface area contributed by atoms with Crippen molar-refractivity contribution >= 4 is 5.91 Å². The topological polar surface area (TPSA) is 101 Å². The molecule has 1 N–H and O–H groups in total. The molecule has 1 saturated carbocycles. The number of hydrogen-bond donors (Lipinski definition) is 1. The smallest absolute Gasteiger partial charge is 0.261 e. The number of rotatable bonds is 5. The molecule has 1 heterocycles. The van der Waals surface area contributed by atoms with Crippen molar-refractivity contribution < 1.29 is 14.1 Å². The predicted molar refractivity (Wildman–Crippen MR) is 93.2 cm³/mol. The summed E-state index contributed by atoms with van der Waals surface area (Å²) in [6.45, 7) is 3.44. The summed E-state index contributed by atoms with van der Waals surface area (Å²) >= 11 is 0. The molecule has 26 heavy (non-hydrogen) atoms. The number of aromatic nitrogens is 2. The van der Waals surface area contributed by atoms with Gasteiger partial charge in [-0.3, -0.25) is 4.79 Å². The molecular weight excluding hydrogens is 332 g/mol. The molecule has 0 aliphatic heterocycles. The van der Waals surface area contributed by atoms with Gasteiger partial charge in [0.25, 0.3) is 5.91 Å². The zero-order chi connectivity index (χ0) is 18.6. The number of nitrogens with one attached hydrogen (secondary N) is 1. The van der Waals surface area contributed by atoms with Gasteiger partial charge >= 0.3 is 0 Å². The lowest BCUT2D eigenvalue weighted by atomic mass is 9.81. The normalized spacial score (nSPS) is 17.1. The number of ether oxygens (including phenoxy) is 1. The third kappa shape index (κ3) is 3.85. The van der Waals surface area contributed by atoms with Crippen LogP contribution in [0.4, 0.5) is 0 Å². The minimum atomic E-state index is -0.685. The van der Waals surface area contributed by atoms with Gasteiger partial charge in [0.15, 0.2) is 11.9 Å². The number of nitrogens with zero attached hydrogens (tertiary/aromatic N) is 3. The first kappa shape index (κ1) is 17.9. The van der Waals surface area contributed by atoms with Gasteiger partial charge in [0.2, 0.25) is 5.89 Å². The summed E-state index contributed by atoms with van der Waals surface area (Å²) in [5.41, 5.74) is -0.0573. The van der Waals surface area contributed by atoms with E-state index < -0.39 is 11.6 Å². The molecule has 0 spiro atoms. The molecule has 1 aromatic heterocycles. The first-order valence-electron chi connectivity index (χ1n) is 8.82. The maximum Gasteiger partial charge on any atom is 0.261 e. The number of benzene rings is 1. The van der Waals surface area contributed by atoms with Crippen LogP contribution in [0.3, 0.4) is 0 Å². The zero-order valence-corrected chi connectivity index (χ0v) is 15.0. The summed E-state index contributed by atoms with van der Waals surface area (Å²) in [6, 6.07) is 8.73. The second-order valence-electron chi connectivity index (χ2n) is 6.67. The predicted octanol–water partition coefficient (Wildman–Crippen LogP) is 2.99. The quantitative estimate of drug-likeness (QED) is 0.886. The van der Waals surface area contributed by atoms with Crippen molar-refractivity contribution in [3.63, 3.8) is 0 Å². The molecule has 0 unspecified atom stereocenters. The van der Waals surface area contributed by atoms with Crippen LogP contribution in [0.2, 0.25) is 0 Å². The van der Waals surface area contributed by atoms with Gasteiger partial charge in [-0.2, -0.15) is 10.2 Å². The number of carbonyl (C=O) groups is 1. The highest BCUT2D eigenvalue weighted by molar-refractivity contribution is 5.81. The van der Waals surface area contributed by atoms with Gasteiger partial charge in [0.1, 0.15) is 11.3 Å². The molecule has 3 rings (SSSR count). The monoisotopic (exact) mass is 354 g/mol. The summed E-state index contributed by atoms with van der Waals surface area (Å²) in [4.78, 5) is 17.1. The number of hydrogen-bond acceptors (Lipinski definition) is 6. The highest BCUT2D eigenvalue weighted by Crippen LogP contribution is 2.35. The van der Waals surface area contributed by atoms with Gasteiger partial charge in [-0.05, 0) is 44.0 Å². The number of amides is 1. The van der Waals surface area contributed by atoms with E-state index in [4.69, 9.17) is 14.5 Å². The standard InChI is InChI=1S/C19H22N4O3/c1-13(25-16-8-6-15(12-20)7-9-16)17(24)22-19(10-4-3-5-11-19)18-21-14(2)26-23-18/h6-9,13H,3-5,10-11H2,1-2H3,(H,22,24)/t13-/m0/s1. The average molecular weight is 354 g/mol. The first-order valence-corrected chi connectivity index (χ1v) is 8.82. The van der Waals surface area contributed by atoms with Crippen LogP contribution in [0.1, 0.15) is 56.3 Å². The number of nitriles is 1. The van der Waals surface area contributed by atoms with Crippen molar-refractivity contribution in [1.82, 2.24) is 15.5 Å². The van der Waals surface area contributed by atoms with E-state index >= 15 is 0 Å². The summed E-state index contributed by atoms with van der Waals surface area (Å²) in [7, 11) is 0. The third-order valence-corrected chi connectivity index (χ3v) is 4.69. The molecule has 0 saturated heterocycles. The Bertz CT molecular complexity index is 801. The Kier molecular flexibility index (Phi) is 5.21. The molecule has 7 nitrogen and oxygen atoms in total. The molecule has 1 aromatic carbocycles. The van der Waals surface area contributed by atoms with Gasteiger partial charge in [0.05, 0.1) is 11.6 Å². The van der Waals surface area contributed by atoms with Crippen LogP contribution in [-0.4, -0.2) is 22.2 Å². The van der Waals surface area contributed by atoms with E-state index in [2.05, 4.69) is 21.5 Å². The first-order chi connectivity index (χ1) is 12.5. The lowest BCUT2D eigenvalue weighted by Crippen LogP contribution is -2.51. The SMILES string of the molecule is Cc1nc(C2(NC(=O)[C@H](C)Oc3ccc(C#N)cc3)CCCCC2)no1. The summed E-state index contributed by atoms with van der Waals surface area (Å²) < 4.78 is 10.8. The second kappa shape index (κ2) is 7.56. The summed E-state index contributed by atoms with van der Waals surface area (Å²) in [5, 5.41) is 16.0. The number of aryl methyl sites for hydroxylation is 1. The van der Waals surface area contributed by atoms with E-state index in [1.54, 1.807) is 38.1 Å². The van der Waals surface area contributed by atoms with Crippen LogP contribution < -0.4 is 10.1 Å². The Morgan fingerprint density at radius 2 is 2.00 bits per heavy atom. The molecule has 1 amide bonds. The van der Waals surface area contributed by atoms with Crippen LogP contribution >= 0.6 is 0 Å². The molecule has 1 atom stereocenters. The van der Waals surface area contributed by atoms with Crippen molar-refractivity contribution in [2.24, 2.45) is 0 Å². The van der Waals surface area contributed by atoms with Gasteiger partial charge in [-0.25, -0.2) is 0 Å². The zero-order valence-electron chi connectivity index (χ0n) is 15.0. The molecule has 0 bridgehead atoms. The lowest BCUT2D eigenvalue weighted by molar-refractivity contribution is -0.130. The van der Waals surface area contributed by atoms with Gasteiger partial charge in [-0.15, -0.1) is 0 Å². The maximum absolute atomic E-state index is 12.7. The van der Waals surface area contributed by atoms with Gasteiger partial charge in [0, 0.05) is 6.92 Å². The largest absolute Gasteiger partial charge is 0.481 e. The van der Waals surface area contributed by atoms with Crippen LogP contribution in [0.25, 0.3) is 0 Å². The Labute approximate surface area is 152 Å². The second-order valence-corrected chi connectivity index (χ2v) is 6.67. The van der Waals surface area contributed by atoms with Crippen molar-refractivity contribution in [3.8, 4) is 11.8 Å². The van der Waals surface area contributed by atoms with E-state index in [0.29, 0.717) is 23.0 Å². The summed E-state index contributed by atoms with van der Waals surface area (Å²) in [5.74, 6) is 1.34. The third-order valence-electron chi connectivity index (χ3n) is 4.69. The van der Waals surface area contributed by atoms with Gasteiger partial charge < -0.3 is 14.6 Å². The van der Waals surface area contributed by atoms with Gasteiger partial charge in [-0.1, -0.05) is 24.4 Å². The van der Waals surface area contributed by atoms with E-state index in [-0.39, 0.29) is 5.91 Å². The Hall–Kier alpha value is -2.88. The van der Waals surface area contributed by atoms with Crippen LogP contribution in [0, 0.1) is 18.3 Å². The molecule has 7 heteroatoms. The van der Waals surface area contributed by atoms with E-state index in [1.807, 2.05) is 0 Å². The fourth-order valence-corrected chi connectivity index (χ4v) is 3.26. The number of carbonyl (C=O) groups excluding carboxylic acids is 1. The minimum absolute atomic E-state index is 0.223. The minimum Gasteiger partial charge on any atom is -0.481 e. The maximum atomic E-state index is 12.7. The van der Waals surface area contributed by atoms with Crippen molar-refractivity contribution in [3.05, 3.63) is 41.5 Å². The molecule has 136 valence electrons. The van der Waals surface area contributed by atoms with E-state index in [9.17, 15) is 4.79 Å². The Morgan fingerprint density at radius 3 is 2.58 bits per heavy atom. The Balaban J connectivity index is 1.71. The molecule has 0 radical (unpaired) electrons. The van der Waals surface area contributed by atoms with Crippen LogP contribution in [0.5, 0.6) is 5.75 Å². The average Bonchev–Trinajstić information content (AvgIpc) is 3.10. The van der Waals surface area contributed by atoms with E-state index in [1.165, 1.54) is 0 Å². The molecule has 1 aliphatic carbocycles. The van der Waals surface area contributed by atoms with E-state index in [0.717, 1.165) is 32.1 Å². The fraction of sp³-hybridized carbons (Fsp3) is 0.474. The highest BCUT2D eigenvalue weighted by atomic mass is 16.5. The summed E-state index contributed by atoms with van der Waals surface area (Å²) in [6.07, 6.45) is 4.00. The Morgan fingerprint density at radius 1 is 1.31 bits per heavy atom. The van der Waals surface area contributed by atoms with Crippen LogP contribution in [0.15, 0.2) is 28.8 Å². The van der Waals surface area contributed by atoms with Crippen molar-refractivity contribution in [1.29, 1.82) is 5.26 Å². The lowest BCUT2D eigenvalue weighted by Gasteiger charge is -2.36. The molecule has 2 aromatic rings. The van der Waals surface area contributed by atoms with Crippen LogP contribution in [-0.2, 0) is 10.3 Å². The molecule has 1 fully saturated rings. The molecule has 1 aliphatic rings. The fourth-order valence-electron chi connectivity index (χ4n) is 3.26. The van der Waals surface area contributed by atoms with Crippen molar-refractivity contribution in [2.45, 2.75) is 57.6 Å². The van der Waals surface area contributed by atoms with Crippen molar-refractivity contribution in [2.75, 3.05) is 0 Å².